The number of nitrogens with one attached hydrogen (secondary N) is 1. The highest BCUT2D eigenvalue weighted by Gasteiger charge is 2.70. The number of aliphatic hydroxyl groups excluding tert-OH is 1. The van der Waals surface area contributed by atoms with Crippen LogP contribution in [0.5, 0.6) is 0 Å². The molecular weight excluding hydrogens is 522 g/mol. The Labute approximate surface area is 243 Å². The van der Waals surface area contributed by atoms with Gasteiger partial charge in [0.15, 0.2) is 5.78 Å². The summed E-state index contributed by atoms with van der Waals surface area (Å²) >= 11 is 0. The summed E-state index contributed by atoms with van der Waals surface area (Å²) in [5.74, 6) is -3.47. The molecule has 0 saturated heterocycles. The van der Waals surface area contributed by atoms with E-state index in [-0.39, 0.29) is 56.7 Å². The first-order valence-electron chi connectivity index (χ1n) is 15.5. The molecule has 9 atom stereocenters. The third-order valence-corrected chi connectivity index (χ3v) is 13.9. The summed E-state index contributed by atoms with van der Waals surface area (Å²) in [6.45, 7) is 15.4. The number of fused-ring (bicyclic) bond motifs is 7. The number of carboxylic acid groups (broad SMARTS) is 2. The van der Waals surface area contributed by atoms with Crippen LogP contribution in [0.4, 0.5) is 0 Å². The van der Waals surface area contributed by atoms with Crippen LogP contribution in [0.3, 0.4) is 0 Å². The highest BCUT2D eigenvalue weighted by molar-refractivity contribution is 6.01. The Morgan fingerprint density at radius 1 is 0.878 bits per heavy atom. The standard InChI is InChI=1S/C33H49NO7/c1-28(2)21-8-11-33(7)24(31(21,5)10-9-22(28)36)20(35)16-18-19-17-30(4,27(41)34-23(25(37)38)26(39)40)13-12-29(19,3)14-15-32(18,33)6/h16,19,21-24,36H,8-15,17H2,1-7H3,(H,34,41)(H,37,38)(H,39,40)/t19-,21?,22-,24?,29+,30-,31-,32+,33+/m0/s1. The van der Waals surface area contributed by atoms with Crippen molar-refractivity contribution >= 4 is 23.6 Å². The number of aliphatic hydroxyl groups is 1. The van der Waals surface area contributed by atoms with Crippen molar-refractivity contribution in [3.05, 3.63) is 11.6 Å². The van der Waals surface area contributed by atoms with E-state index < -0.39 is 29.3 Å². The zero-order valence-electron chi connectivity index (χ0n) is 25.8. The fourth-order valence-corrected chi connectivity index (χ4v) is 10.9. The van der Waals surface area contributed by atoms with Gasteiger partial charge in [-0.25, -0.2) is 9.59 Å². The SMILES string of the molecule is CC1(C)C2CC[C@]3(C)C(C(=O)C=C4[C@@H]5C[C@@](C)(C(=O)NC(C(=O)O)C(=O)O)CC[C@]5(C)CC[C@]43C)[C@@]2(C)CC[C@@H]1O. The second-order valence-corrected chi connectivity index (χ2v) is 16.2. The summed E-state index contributed by atoms with van der Waals surface area (Å²) in [5, 5.41) is 31.9. The third-order valence-electron chi connectivity index (χ3n) is 13.9. The van der Waals surface area contributed by atoms with Crippen LogP contribution in [0.25, 0.3) is 0 Å². The maximum atomic E-state index is 14.4. The van der Waals surface area contributed by atoms with Gasteiger partial charge in [-0.05, 0) is 103 Å². The highest BCUT2D eigenvalue weighted by Crippen LogP contribution is 2.75. The lowest BCUT2D eigenvalue weighted by atomic mass is 9.33. The molecule has 228 valence electrons. The average molecular weight is 572 g/mol. The van der Waals surface area contributed by atoms with Gasteiger partial charge >= 0.3 is 11.9 Å². The predicted octanol–water partition coefficient (Wildman–Crippen LogP) is 4.98. The van der Waals surface area contributed by atoms with E-state index in [2.05, 4.69) is 46.9 Å². The van der Waals surface area contributed by atoms with Crippen molar-refractivity contribution in [2.75, 3.05) is 0 Å². The lowest BCUT2D eigenvalue weighted by Gasteiger charge is -2.70. The molecule has 0 aliphatic heterocycles. The van der Waals surface area contributed by atoms with Crippen LogP contribution >= 0.6 is 0 Å². The molecule has 0 radical (unpaired) electrons. The molecular formula is C33H49NO7. The second kappa shape index (κ2) is 9.14. The Hall–Kier alpha value is -2.22. The fourth-order valence-electron chi connectivity index (χ4n) is 10.9. The number of allylic oxidation sites excluding steroid dienone is 2. The maximum absolute atomic E-state index is 14.4. The van der Waals surface area contributed by atoms with Gasteiger partial charge in [0, 0.05) is 11.3 Å². The Bertz CT molecular complexity index is 1210. The molecule has 4 saturated carbocycles. The zero-order valence-corrected chi connectivity index (χ0v) is 25.8. The second-order valence-electron chi connectivity index (χ2n) is 16.2. The van der Waals surface area contributed by atoms with Gasteiger partial charge in [0.25, 0.3) is 0 Å². The predicted molar refractivity (Wildman–Crippen MR) is 153 cm³/mol. The van der Waals surface area contributed by atoms with Gasteiger partial charge in [0.2, 0.25) is 11.9 Å². The summed E-state index contributed by atoms with van der Waals surface area (Å²) in [6.07, 6.45) is 8.68. The number of aliphatic carboxylic acids is 2. The fraction of sp³-hybridized carbons (Fsp3) is 0.818. The van der Waals surface area contributed by atoms with Gasteiger partial charge in [-0.15, -0.1) is 0 Å². The maximum Gasteiger partial charge on any atom is 0.338 e. The van der Waals surface area contributed by atoms with Crippen LogP contribution in [0.15, 0.2) is 11.6 Å². The molecule has 0 aromatic carbocycles. The molecule has 5 aliphatic rings. The normalized spacial score (nSPS) is 46.8. The van der Waals surface area contributed by atoms with Crippen molar-refractivity contribution in [3.8, 4) is 0 Å². The number of ketones is 1. The van der Waals surface area contributed by atoms with Crippen LogP contribution < -0.4 is 5.32 Å². The van der Waals surface area contributed by atoms with Gasteiger partial charge in [0.05, 0.1) is 6.10 Å². The van der Waals surface area contributed by atoms with Gasteiger partial charge in [-0.1, -0.05) is 54.0 Å². The minimum Gasteiger partial charge on any atom is -0.479 e. The molecule has 8 heteroatoms. The van der Waals surface area contributed by atoms with E-state index in [9.17, 15) is 34.5 Å². The molecule has 0 spiro atoms. The van der Waals surface area contributed by atoms with E-state index in [1.807, 2.05) is 13.0 Å². The summed E-state index contributed by atoms with van der Waals surface area (Å²) in [5.41, 5.74) is -0.851. The number of rotatable bonds is 4. The van der Waals surface area contributed by atoms with E-state index in [1.54, 1.807) is 0 Å². The van der Waals surface area contributed by atoms with Gasteiger partial charge in [0.1, 0.15) is 0 Å². The van der Waals surface area contributed by atoms with E-state index in [0.717, 1.165) is 44.1 Å². The zero-order chi connectivity index (χ0) is 30.6. The van der Waals surface area contributed by atoms with E-state index >= 15 is 0 Å². The van der Waals surface area contributed by atoms with Gasteiger partial charge < -0.3 is 20.6 Å². The number of hydrogen-bond acceptors (Lipinski definition) is 5. The Balaban J connectivity index is 1.53. The monoisotopic (exact) mass is 571 g/mol. The van der Waals surface area contributed by atoms with Crippen LogP contribution in [0.1, 0.15) is 106 Å². The van der Waals surface area contributed by atoms with Gasteiger partial charge in [-0.2, -0.15) is 0 Å². The first kappa shape index (κ1) is 30.2. The molecule has 4 N–H and O–H groups in total. The number of carbonyl (C=O) groups is 4. The molecule has 4 fully saturated rings. The lowest BCUT2D eigenvalue weighted by Crippen LogP contribution is -2.66. The first-order valence-corrected chi connectivity index (χ1v) is 15.5. The molecule has 8 nitrogen and oxygen atoms in total. The highest BCUT2D eigenvalue weighted by atomic mass is 16.4. The van der Waals surface area contributed by atoms with Crippen molar-refractivity contribution in [2.24, 2.45) is 50.2 Å². The minimum atomic E-state index is -1.99. The first-order chi connectivity index (χ1) is 18.8. The molecule has 0 aromatic heterocycles. The van der Waals surface area contributed by atoms with E-state index in [1.165, 1.54) is 0 Å². The summed E-state index contributed by atoms with van der Waals surface area (Å²) in [7, 11) is 0. The van der Waals surface area contributed by atoms with Crippen LogP contribution in [-0.2, 0) is 19.2 Å². The molecule has 5 aliphatic carbocycles. The Kier molecular flexibility index (Phi) is 6.74. The van der Waals surface area contributed by atoms with Crippen LogP contribution in [0, 0.1) is 50.2 Å². The average Bonchev–Trinajstić information content (AvgIpc) is 2.86. The molecule has 2 unspecified atom stereocenters. The van der Waals surface area contributed by atoms with Crippen LogP contribution in [-0.4, -0.2) is 51.1 Å². The van der Waals surface area contributed by atoms with Crippen molar-refractivity contribution in [2.45, 2.75) is 118 Å². The number of carbonyl (C=O) groups excluding carboxylic acids is 2. The van der Waals surface area contributed by atoms with E-state index in [0.29, 0.717) is 19.3 Å². The smallest absolute Gasteiger partial charge is 0.338 e. The Morgan fingerprint density at radius 3 is 2.10 bits per heavy atom. The lowest BCUT2D eigenvalue weighted by molar-refractivity contribution is -0.202. The van der Waals surface area contributed by atoms with Crippen molar-refractivity contribution < 1.29 is 34.5 Å². The number of hydrogen-bond donors (Lipinski definition) is 4. The molecule has 5 rings (SSSR count). The summed E-state index contributed by atoms with van der Waals surface area (Å²) in [6, 6.07) is -1.99. The van der Waals surface area contributed by atoms with Crippen molar-refractivity contribution in [3.63, 3.8) is 0 Å². The van der Waals surface area contributed by atoms with Crippen molar-refractivity contribution in [1.82, 2.24) is 5.32 Å². The molecule has 1 amide bonds. The largest absolute Gasteiger partial charge is 0.479 e. The van der Waals surface area contributed by atoms with Crippen molar-refractivity contribution in [1.29, 1.82) is 0 Å². The third kappa shape index (κ3) is 4.01. The number of amides is 1. The molecule has 0 aromatic rings. The van der Waals surface area contributed by atoms with E-state index in [4.69, 9.17) is 0 Å². The quantitative estimate of drug-likeness (QED) is 0.349. The summed E-state index contributed by atoms with van der Waals surface area (Å²) < 4.78 is 0. The van der Waals surface area contributed by atoms with Gasteiger partial charge in [-0.3, -0.25) is 9.59 Å². The molecule has 41 heavy (non-hydrogen) atoms. The topological polar surface area (TPSA) is 141 Å². The Morgan fingerprint density at radius 2 is 1.49 bits per heavy atom. The minimum absolute atomic E-state index is 0.0317. The summed E-state index contributed by atoms with van der Waals surface area (Å²) in [4.78, 5) is 50.9. The molecule has 0 heterocycles. The molecule has 0 bridgehead atoms. The van der Waals surface area contributed by atoms with Crippen LogP contribution in [0.2, 0.25) is 0 Å². The number of carboxylic acids is 2.